The fourth-order valence-electron chi connectivity index (χ4n) is 7.11. The summed E-state index contributed by atoms with van der Waals surface area (Å²) >= 11 is 1.23. The zero-order chi connectivity index (χ0) is 48.8. The number of sulfonamides is 2. The van der Waals surface area contributed by atoms with Crippen LogP contribution in [-0.4, -0.2) is 103 Å². The van der Waals surface area contributed by atoms with Crippen molar-refractivity contribution in [1.29, 1.82) is 0 Å². The SMILES string of the molecule is COc1ccc(CN(Cc2ccc(OC)cc2)S(=O)(=O)c2c(NS(=O)(=O)C[C@H](O)COC(=O)NC(C)(C)C)ccc(-c3cccc4sc(N)nc34)c2-c2nnn(Cc3ccc(OC)cc3)n2)cc1. The normalized spacial score (nSPS) is 12.5. The number of alkyl carbamates (subject to hydrolysis) is 1. The van der Waals surface area contributed by atoms with Crippen LogP contribution in [0.5, 0.6) is 17.2 Å². The van der Waals surface area contributed by atoms with Crippen LogP contribution < -0.4 is 30.0 Å². The van der Waals surface area contributed by atoms with Gasteiger partial charge in [0.2, 0.25) is 25.9 Å². The van der Waals surface area contributed by atoms with Gasteiger partial charge < -0.3 is 35.1 Å². The molecule has 0 unspecified atom stereocenters. The van der Waals surface area contributed by atoms with E-state index < -0.39 is 60.7 Å². The number of nitrogens with one attached hydrogen (secondary N) is 2. The number of tetrazole rings is 1. The van der Waals surface area contributed by atoms with Gasteiger partial charge in [0, 0.05) is 24.2 Å². The van der Waals surface area contributed by atoms with Gasteiger partial charge in [-0.2, -0.15) is 9.10 Å². The number of aliphatic hydroxyl groups excluding tert-OH is 1. The van der Waals surface area contributed by atoms with Crippen molar-refractivity contribution >= 4 is 58.5 Å². The Kier molecular flexibility index (Phi) is 14.8. The third kappa shape index (κ3) is 12.0. The van der Waals surface area contributed by atoms with Crippen LogP contribution in [0.25, 0.3) is 32.7 Å². The number of nitrogen functional groups attached to an aromatic ring is 1. The van der Waals surface area contributed by atoms with Crippen LogP contribution in [0.1, 0.15) is 37.5 Å². The molecular formula is C46H51N9O10S3. The van der Waals surface area contributed by atoms with Crippen LogP contribution in [0.3, 0.4) is 0 Å². The first-order chi connectivity index (χ1) is 32.3. The molecule has 1 atom stereocenters. The molecule has 0 aliphatic rings. The second-order valence-electron chi connectivity index (χ2n) is 16.5. The molecule has 0 saturated carbocycles. The Morgan fingerprint density at radius 3 is 1.94 bits per heavy atom. The summed E-state index contributed by atoms with van der Waals surface area (Å²) in [5.74, 6) is 0.583. The third-order valence-corrected chi connectivity index (χ3v) is 14.3. The van der Waals surface area contributed by atoms with Crippen LogP contribution in [-0.2, 0) is 44.4 Å². The summed E-state index contributed by atoms with van der Waals surface area (Å²) in [5, 5.41) is 27.2. The number of aliphatic hydroxyl groups is 1. The predicted octanol–water partition coefficient (Wildman–Crippen LogP) is 6.29. The van der Waals surface area contributed by atoms with E-state index in [0.29, 0.717) is 44.2 Å². The Balaban J connectivity index is 1.43. The van der Waals surface area contributed by atoms with Crippen molar-refractivity contribution in [2.45, 2.75) is 56.9 Å². The summed E-state index contributed by atoms with van der Waals surface area (Å²) in [4.78, 5) is 17.7. The fourth-order valence-corrected chi connectivity index (χ4v) is 10.9. The van der Waals surface area contributed by atoms with E-state index in [-0.39, 0.29) is 41.7 Å². The van der Waals surface area contributed by atoms with E-state index >= 15 is 8.42 Å². The average Bonchev–Trinajstić information content (AvgIpc) is 3.93. The Hall–Kier alpha value is -6.85. The number of thiazole rings is 1. The maximum Gasteiger partial charge on any atom is 0.407 e. The van der Waals surface area contributed by atoms with E-state index in [0.717, 1.165) is 5.56 Å². The molecule has 0 aliphatic heterocycles. The molecule has 68 heavy (non-hydrogen) atoms. The molecule has 358 valence electrons. The molecule has 7 rings (SSSR count). The number of nitrogens with two attached hydrogens (primary N) is 1. The van der Waals surface area contributed by atoms with Gasteiger partial charge in [-0.1, -0.05) is 65.9 Å². The smallest absolute Gasteiger partial charge is 0.407 e. The van der Waals surface area contributed by atoms with Crippen LogP contribution in [0, 0.1) is 0 Å². The summed E-state index contributed by atoms with van der Waals surface area (Å²) in [5.41, 5.74) is 8.13. The number of hydrogen-bond donors (Lipinski definition) is 4. The van der Waals surface area contributed by atoms with Crippen molar-refractivity contribution in [3.8, 4) is 39.8 Å². The Labute approximate surface area is 397 Å². The number of aromatic nitrogens is 5. The Morgan fingerprint density at radius 2 is 1.38 bits per heavy atom. The second-order valence-corrected chi connectivity index (χ2v) is 21.2. The first kappa shape index (κ1) is 49.1. The highest BCUT2D eigenvalue weighted by molar-refractivity contribution is 7.93. The number of anilines is 2. The Bertz CT molecular complexity index is 3050. The van der Waals surface area contributed by atoms with E-state index in [1.807, 2.05) is 18.2 Å². The number of amides is 1. The van der Waals surface area contributed by atoms with Crippen molar-refractivity contribution in [3.63, 3.8) is 0 Å². The van der Waals surface area contributed by atoms with Gasteiger partial charge >= 0.3 is 6.09 Å². The molecule has 22 heteroatoms. The van der Waals surface area contributed by atoms with Gasteiger partial charge in [-0.3, -0.25) is 4.72 Å². The molecule has 0 radical (unpaired) electrons. The maximum atomic E-state index is 16.0. The molecule has 7 aromatic rings. The first-order valence-electron chi connectivity index (χ1n) is 21.0. The third-order valence-electron chi connectivity index (χ3n) is 10.2. The van der Waals surface area contributed by atoms with Crippen molar-refractivity contribution in [3.05, 3.63) is 120 Å². The number of methoxy groups -OCH3 is 3. The highest BCUT2D eigenvalue weighted by Gasteiger charge is 2.36. The number of benzene rings is 5. The number of hydrogen-bond acceptors (Lipinski definition) is 16. The van der Waals surface area contributed by atoms with Crippen LogP contribution in [0.2, 0.25) is 0 Å². The predicted molar refractivity (Wildman–Crippen MR) is 258 cm³/mol. The number of ether oxygens (including phenoxy) is 4. The minimum Gasteiger partial charge on any atom is -0.497 e. The zero-order valence-electron chi connectivity index (χ0n) is 38.0. The van der Waals surface area contributed by atoms with Crippen molar-refractivity contribution < 1.29 is 45.7 Å². The van der Waals surface area contributed by atoms with Crippen LogP contribution >= 0.6 is 11.3 Å². The fraction of sp³-hybridized carbons (Fsp3) is 0.283. The number of carbonyl (C=O) groups excluding carboxylic acids is 1. The lowest BCUT2D eigenvalue weighted by atomic mass is 9.97. The summed E-state index contributed by atoms with van der Waals surface area (Å²) < 4.78 is 85.8. The van der Waals surface area contributed by atoms with E-state index in [1.54, 1.807) is 101 Å². The summed E-state index contributed by atoms with van der Waals surface area (Å²) in [6.45, 7) is 4.22. The van der Waals surface area contributed by atoms with E-state index in [9.17, 15) is 18.3 Å². The maximum absolute atomic E-state index is 16.0. The number of para-hydroxylation sites is 1. The van der Waals surface area contributed by atoms with E-state index in [4.69, 9.17) is 29.8 Å². The van der Waals surface area contributed by atoms with Gasteiger partial charge in [0.05, 0.1) is 55.1 Å². The number of rotatable bonds is 19. The second kappa shape index (κ2) is 20.6. The number of carbonyl (C=O) groups is 1. The molecule has 5 aromatic carbocycles. The zero-order valence-corrected chi connectivity index (χ0v) is 40.5. The summed E-state index contributed by atoms with van der Waals surface area (Å²) in [6.07, 6.45) is -2.58. The molecule has 2 aromatic heterocycles. The molecular weight excluding hydrogens is 935 g/mol. The molecule has 19 nitrogen and oxygen atoms in total. The highest BCUT2D eigenvalue weighted by atomic mass is 32.2. The first-order valence-corrected chi connectivity index (χ1v) is 24.9. The van der Waals surface area contributed by atoms with Crippen molar-refractivity contribution in [1.82, 2.24) is 34.8 Å². The topological polar surface area (TPSA) is 252 Å². The van der Waals surface area contributed by atoms with Crippen LogP contribution in [0.15, 0.2) is 108 Å². The monoisotopic (exact) mass is 985 g/mol. The standard InChI is InChI=1S/C46H51N9O10S3/c1-46(2,3)49-45(57)65-27-32(56)28-67(58,59)52-38-23-22-36(37-8-7-9-39-41(37)48-44(47)66-39)40(43-50-53-55(51-43)26-31-14-20-35(64-6)21-15-31)42(38)68(60,61)54(24-29-10-16-33(62-4)17-11-29)25-30-12-18-34(63-5)19-13-30/h7-23,32,52,56H,24-28H2,1-6H3,(H2,47,48)(H,49,57)/t32-/m1/s1. The van der Waals surface area contributed by atoms with Crippen molar-refractivity contribution in [2.75, 3.05) is 44.1 Å². The van der Waals surface area contributed by atoms with Gasteiger partial charge in [-0.15, -0.1) is 10.2 Å². The quantitative estimate of drug-likeness (QED) is 0.0695. The summed E-state index contributed by atoms with van der Waals surface area (Å²) in [7, 11) is -4.92. The molecule has 2 heterocycles. The lowest BCUT2D eigenvalue weighted by molar-refractivity contribution is 0.0756. The molecule has 0 spiro atoms. The van der Waals surface area contributed by atoms with Crippen LogP contribution in [0.4, 0.5) is 15.6 Å². The minimum absolute atomic E-state index is 0.109. The van der Waals surface area contributed by atoms with Gasteiger partial charge in [0.15, 0.2) is 5.13 Å². The van der Waals surface area contributed by atoms with E-state index in [2.05, 4.69) is 25.3 Å². The van der Waals surface area contributed by atoms with Gasteiger partial charge in [-0.25, -0.2) is 26.6 Å². The molecule has 0 fully saturated rings. The molecule has 1 amide bonds. The van der Waals surface area contributed by atoms with Gasteiger partial charge in [-0.05, 0) is 96.8 Å². The largest absolute Gasteiger partial charge is 0.497 e. The molecule has 5 N–H and O–H groups in total. The van der Waals surface area contributed by atoms with Gasteiger partial charge in [0.1, 0.15) is 34.9 Å². The van der Waals surface area contributed by atoms with Crippen molar-refractivity contribution in [2.24, 2.45) is 0 Å². The molecule has 0 aliphatic carbocycles. The average molecular weight is 986 g/mol. The summed E-state index contributed by atoms with van der Waals surface area (Å²) in [6, 6.07) is 29.1. The number of nitrogens with zero attached hydrogens (tertiary/aromatic N) is 6. The lowest BCUT2D eigenvalue weighted by Gasteiger charge is -2.26. The molecule has 0 saturated heterocycles. The van der Waals surface area contributed by atoms with E-state index in [1.165, 1.54) is 46.8 Å². The lowest BCUT2D eigenvalue weighted by Crippen LogP contribution is -2.42. The minimum atomic E-state index is -4.88. The Morgan fingerprint density at radius 1 is 0.809 bits per heavy atom. The highest BCUT2D eigenvalue weighted by Crippen LogP contribution is 2.44. The molecule has 0 bridgehead atoms. The van der Waals surface area contributed by atoms with Gasteiger partial charge in [0.25, 0.3) is 0 Å². The number of fused-ring (bicyclic) bond motifs is 1.